The van der Waals surface area contributed by atoms with Crippen molar-refractivity contribution in [2.24, 2.45) is 0 Å². The molecule has 3 nitrogen and oxygen atoms in total. The molecule has 110 valence electrons. The summed E-state index contributed by atoms with van der Waals surface area (Å²) in [7, 11) is 1.94. The lowest BCUT2D eigenvalue weighted by atomic mass is 9.96. The van der Waals surface area contributed by atoms with E-state index in [4.69, 9.17) is 0 Å². The third-order valence-electron chi connectivity index (χ3n) is 4.13. The van der Waals surface area contributed by atoms with Crippen LogP contribution in [0.15, 0.2) is 28.7 Å². The van der Waals surface area contributed by atoms with Gasteiger partial charge < -0.3 is 10.2 Å². The molecule has 0 bridgehead atoms. The van der Waals surface area contributed by atoms with Crippen LogP contribution in [0.1, 0.15) is 37.7 Å². The fourth-order valence-electron chi connectivity index (χ4n) is 2.68. The Morgan fingerprint density at radius 1 is 1.45 bits per heavy atom. The highest BCUT2D eigenvalue weighted by Gasteiger charge is 2.23. The Bertz CT molecular complexity index is 440. The maximum absolute atomic E-state index is 12.4. The number of benzene rings is 1. The molecule has 0 radical (unpaired) electrons. The van der Waals surface area contributed by atoms with Crippen molar-refractivity contribution < 1.29 is 4.79 Å². The van der Waals surface area contributed by atoms with Crippen LogP contribution >= 0.6 is 15.9 Å². The van der Waals surface area contributed by atoms with E-state index in [0.29, 0.717) is 12.5 Å². The van der Waals surface area contributed by atoms with Gasteiger partial charge in [0.2, 0.25) is 5.91 Å². The Morgan fingerprint density at radius 3 is 2.75 bits per heavy atom. The van der Waals surface area contributed by atoms with Crippen molar-refractivity contribution in [3.8, 4) is 0 Å². The van der Waals surface area contributed by atoms with Crippen molar-refractivity contribution in [3.63, 3.8) is 0 Å². The van der Waals surface area contributed by atoms with Gasteiger partial charge in [0.1, 0.15) is 0 Å². The van der Waals surface area contributed by atoms with Gasteiger partial charge in [0.05, 0.1) is 0 Å². The van der Waals surface area contributed by atoms with Gasteiger partial charge in [-0.1, -0.05) is 35.0 Å². The summed E-state index contributed by atoms with van der Waals surface area (Å²) in [6, 6.07) is 8.60. The first-order chi connectivity index (χ1) is 9.58. The molecule has 2 rings (SSSR count). The highest BCUT2D eigenvalue weighted by molar-refractivity contribution is 9.10. The number of amides is 1. The van der Waals surface area contributed by atoms with Crippen LogP contribution in [0, 0.1) is 0 Å². The predicted octanol–water partition coefficient (Wildman–Crippen LogP) is 3.15. The summed E-state index contributed by atoms with van der Waals surface area (Å²) in [5.74, 6) is 0.503. The second-order valence-corrected chi connectivity index (χ2v) is 6.58. The van der Waals surface area contributed by atoms with Gasteiger partial charge in [-0.15, -0.1) is 0 Å². The van der Waals surface area contributed by atoms with E-state index >= 15 is 0 Å². The molecule has 1 aliphatic rings. The molecule has 1 fully saturated rings. The average molecular weight is 339 g/mol. The van der Waals surface area contributed by atoms with Crippen LogP contribution in [0.2, 0.25) is 0 Å². The minimum atomic E-state index is 0.245. The Kier molecular flexibility index (Phi) is 5.61. The molecule has 0 spiro atoms. The van der Waals surface area contributed by atoms with Crippen molar-refractivity contribution in [1.82, 2.24) is 10.2 Å². The molecular formula is C16H23BrN2O. The summed E-state index contributed by atoms with van der Waals surface area (Å²) in [5.41, 5.74) is 1.22. The third-order valence-corrected chi connectivity index (χ3v) is 4.66. The van der Waals surface area contributed by atoms with Gasteiger partial charge in [0.15, 0.2) is 0 Å². The van der Waals surface area contributed by atoms with Gasteiger partial charge >= 0.3 is 0 Å². The highest BCUT2D eigenvalue weighted by Crippen LogP contribution is 2.22. The number of nitrogens with one attached hydrogen (secondary N) is 1. The van der Waals surface area contributed by atoms with E-state index in [1.807, 2.05) is 24.1 Å². The van der Waals surface area contributed by atoms with Crippen molar-refractivity contribution >= 4 is 21.8 Å². The summed E-state index contributed by atoms with van der Waals surface area (Å²) in [6.07, 6.45) is 2.85. The summed E-state index contributed by atoms with van der Waals surface area (Å²) >= 11 is 3.44. The largest absolute Gasteiger partial charge is 0.341 e. The monoisotopic (exact) mass is 338 g/mol. The Labute approximate surface area is 129 Å². The van der Waals surface area contributed by atoms with E-state index in [1.54, 1.807) is 0 Å². The molecule has 1 heterocycles. The van der Waals surface area contributed by atoms with E-state index in [2.05, 4.69) is 40.3 Å². The maximum atomic E-state index is 12.4. The number of likely N-dealkylation sites (N-methyl/N-ethyl adjacent to an activating group) is 1. The van der Waals surface area contributed by atoms with Gasteiger partial charge in [-0.2, -0.15) is 0 Å². The summed E-state index contributed by atoms with van der Waals surface area (Å²) in [6.45, 7) is 4.12. The first-order valence-electron chi connectivity index (χ1n) is 7.29. The zero-order valence-corrected chi connectivity index (χ0v) is 13.8. The molecule has 0 saturated carbocycles. The van der Waals surface area contributed by atoms with E-state index in [9.17, 15) is 4.79 Å². The van der Waals surface area contributed by atoms with E-state index in [-0.39, 0.29) is 11.8 Å². The van der Waals surface area contributed by atoms with Gasteiger partial charge in [0, 0.05) is 30.5 Å². The van der Waals surface area contributed by atoms with E-state index < -0.39 is 0 Å². The average Bonchev–Trinajstić information content (AvgIpc) is 2.48. The van der Waals surface area contributed by atoms with Gasteiger partial charge in [-0.3, -0.25) is 4.79 Å². The van der Waals surface area contributed by atoms with Crippen LogP contribution in [0.25, 0.3) is 0 Å². The smallest absolute Gasteiger partial charge is 0.223 e. The van der Waals surface area contributed by atoms with Crippen LogP contribution in [0.5, 0.6) is 0 Å². The highest BCUT2D eigenvalue weighted by atomic mass is 79.9. The molecule has 1 aliphatic heterocycles. The van der Waals surface area contributed by atoms with Crippen LogP contribution in [-0.2, 0) is 4.79 Å². The number of carbonyl (C=O) groups is 1. The van der Waals surface area contributed by atoms with Crippen molar-refractivity contribution in [2.45, 2.75) is 38.1 Å². The third kappa shape index (κ3) is 4.06. The molecular weight excluding hydrogens is 316 g/mol. The van der Waals surface area contributed by atoms with Crippen LogP contribution < -0.4 is 5.32 Å². The normalized spacial score (nSPS) is 20.4. The molecule has 0 aromatic heterocycles. The van der Waals surface area contributed by atoms with Crippen molar-refractivity contribution in [3.05, 3.63) is 34.3 Å². The molecule has 20 heavy (non-hydrogen) atoms. The second kappa shape index (κ2) is 7.23. The summed E-state index contributed by atoms with van der Waals surface area (Å²) in [5, 5.41) is 3.36. The Hall–Kier alpha value is -0.870. The predicted molar refractivity (Wildman–Crippen MR) is 85.8 cm³/mol. The number of hydrogen-bond donors (Lipinski definition) is 1. The molecule has 0 aliphatic carbocycles. The zero-order chi connectivity index (χ0) is 14.5. The fourth-order valence-corrected chi connectivity index (χ4v) is 2.95. The number of carbonyl (C=O) groups excluding carboxylic acids is 1. The van der Waals surface area contributed by atoms with Gasteiger partial charge in [-0.05, 0) is 43.0 Å². The maximum Gasteiger partial charge on any atom is 0.223 e. The van der Waals surface area contributed by atoms with E-state index in [1.165, 1.54) is 5.56 Å². The second-order valence-electron chi connectivity index (χ2n) is 5.66. The summed E-state index contributed by atoms with van der Waals surface area (Å²) < 4.78 is 1.07. The SMILES string of the molecule is CC(CC(=O)N(C)C1CCCNC1)c1ccc(Br)cc1. The molecule has 1 N–H and O–H groups in total. The van der Waals surface area contributed by atoms with Crippen molar-refractivity contribution in [1.29, 1.82) is 0 Å². The molecule has 1 aromatic carbocycles. The minimum Gasteiger partial charge on any atom is -0.341 e. The Morgan fingerprint density at radius 2 is 2.15 bits per heavy atom. The topological polar surface area (TPSA) is 32.3 Å². The molecule has 4 heteroatoms. The Balaban J connectivity index is 1.91. The van der Waals surface area contributed by atoms with Crippen LogP contribution in [0.3, 0.4) is 0 Å². The lowest BCUT2D eigenvalue weighted by molar-refractivity contribution is -0.132. The molecule has 1 saturated heterocycles. The first kappa shape index (κ1) is 15.5. The fraction of sp³-hybridized carbons (Fsp3) is 0.562. The van der Waals surface area contributed by atoms with Gasteiger partial charge in [0.25, 0.3) is 0 Å². The number of rotatable bonds is 4. The number of nitrogens with zero attached hydrogens (tertiary/aromatic N) is 1. The zero-order valence-electron chi connectivity index (χ0n) is 12.2. The number of hydrogen-bond acceptors (Lipinski definition) is 2. The lowest BCUT2D eigenvalue weighted by Crippen LogP contribution is -2.46. The van der Waals surface area contributed by atoms with Crippen LogP contribution in [-0.4, -0.2) is 37.0 Å². The molecule has 2 atom stereocenters. The number of piperidine rings is 1. The minimum absolute atomic E-state index is 0.245. The van der Waals surface area contributed by atoms with Crippen molar-refractivity contribution in [2.75, 3.05) is 20.1 Å². The molecule has 2 unspecified atom stereocenters. The standard InChI is InChI=1S/C16H23BrN2O/c1-12(13-5-7-14(17)8-6-13)10-16(20)19(2)15-4-3-9-18-11-15/h5-8,12,15,18H,3-4,9-11H2,1-2H3. The van der Waals surface area contributed by atoms with E-state index in [0.717, 1.165) is 30.4 Å². The quantitative estimate of drug-likeness (QED) is 0.914. The molecule has 1 aromatic rings. The number of halogens is 1. The summed E-state index contributed by atoms with van der Waals surface area (Å²) in [4.78, 5) is 14.3. The van der Waals surface area contributed by atoms with Gasteiger partial charge in [-0.25, -0.2) is 0 Å². The first-order valence-corrected chi connectivity index (χ1v) is 8.09. The lowest BCUT2D eigenvalue weighted by Gasteiger charge is -2.32. The van der Waals surface area contributed by atoms with Crippen LogP contribution in [0.4, 0.5) is 0 Å². The molecule has 1 amide bonds.